The van der Waals surface area contributed by atoms with E-state index < -0.39 is 10.1 Å². The van der Waals surface area contributed by atoms with E-state index in [-0.39, 0.29) is 0 Å². The first-order valence-electron chi connectivity index (χ1n) is 4.91. The van der Waals surface area contributed by atoms with Crippen molar-refractivity contribution in [3.63, 3.8) is 0 Å². The number of ether oxygens (including phenoxy) is 1. The van der Waals surface area contributed by atoms with Crippen molar-refractivity contribution in [2.24, 2.45) is 5.16 Å². The highest BCUT2D eigenvalue weighted by Crippen LogP contribution is 2.18. The SMILES string of the molecule is COc1ccc(C(C)=NOS(C)(=O)=O)cc1C. The van der Waals surface area contributed by atoms with Gasteiger partial charge < -0.3 is 4.74 Å². The molecule has 94 valence electrons. The van der Waals surface area contributed by atoms with Crippen LogP contribution < -0.4 is 4.74 Å². The van der Waals surface area contributed by atoms with Gasteiger partial charge in [-0.3, -0.25) is 4.28 Å². The molecule has 0 bridgehead atoms. The van der Waals surface area contributed by atoms with Crippen molar-refractivity contribution in [2.45, 2.75) is 13.8 Å². The van der Waals surface area contributed by atoms with Gasteiger partial charge in [0.2, 0.25) is 0 Å². The van der Waals surface area contributed by atoms with Crippen LogP contribution in [0.2, 0.25) is 0 Å². The number of rotatable bonds is 4. The average molecular weight is 257 g/mol. The molecule has 17 heavy (non-hydrogen) atoms. The van der Waals surface area contributed by atoms with Gasteiger partial charge in [0, 0.05) is 0 Å². The molecule has 0 unspecified atom stereocenters. The van der Waals surface area contributed by atoms with Gasteiger partial charge in [-0.15, -0.1) is 0 Å². The predicted octanol–water partition coefficient (Wildman–Crippen LogP) is 1.70. The minimum absolute atomic E-state index is 0.487. The van der Waals surface area contributed by atoms with Gasteiger partial charge in [-0.2, -0.15) is 8.42 Å². The van der Waals surface area contributed by atoms with E-state index in [4.69, 9.17) is 4.74 Å². The average Bonchev–Trinajstić information content (AvgIpc) is 2.24. The number of methoxy groups -OCH3 is 1. The Bertz CT molecular complexity index is 534. The first-order valence-corrected chi connectivity index (χ1v) is 6.73. The van der Waals surface area contributed by atoms with Gasteiger partial charge >= 0.3 is 10.1 Å². The summed E-state index contributed by atoms with van der Waals surface area (Å²) in [4.78, 5) is 0. The number of benzene rings is 1. The molecule has 0 radical (unpaired) electrons. The molecule has 0 atom stereocenters. The smallest absolute Gasteiger partial charge is 0.325 e. The van der Waals surface area contributed by atoms with Gasteiger partial charge in [-0.25, -0.2) is 0 Å². The van der Waals surface area contributed by atoms with Gasteiger partial charge in [-0.05, 0) is 43.2 Å². The fourth-order valence-corrected chi connectivity index (χ4v) is 1.53. The normalized spacial score (nSPS) is 12.4. The molecule has 6 heteroatoms. The number of nitrogens with zero attached hydrogens (tertiary/aromatic N) is 1. The Morgan fingerprint density at radius 1 is 1.35 bits per heavy atom. The molecular formula is C11H15NO4S. The maximum Gasteiger partial charge on any atom is 0.325 e. The Labute approximate surface area is 101 Å². The van der Waals surface area contributed by atoms with Crippen LogP contribution in [0.3, 0.4) is 0 Å². The summed E-state index contributed by atoms with van der Waals surface area (Å²) in [5.74, 6) is 0.769. The number of aryl methyl sites for hydroxylation is 1. The van der Waals surface area contributed by atoms with E-state index in [1.807, 2.05) is 13.0 Å². The third-order valence-corrected chi connectivity index (χ3v) is 2.47. The van der Waals surface area contributed by atoms with E-state index in [1.165, 1.54) is 0 Å². The van der Waals surface area contributed by atoms with Crippen molar-refractivity contribution in [1.29, 1.82) is 0 Å². The van der Waals surface area contributed by atoms with Gasteiger partial charge in [0.1, 0.15) is 5.75 Å². The van der Waals surface area contributed by atoms with Crippen molar-refractivity contribution in [3.05, 3.63) is 29.3 Å². The van der Waals surface area contributed by atoms with Crippen LogP contribution in [0.15, 0.2) is 23.4 Å². The van der Waals surface area contributed by atoms with E-state index in [0.29, 0.717) is 5.71 Å². The molecule has 1 rings (SSSR count). The van der Waals surface area contributed by atoms with Crippen LogP contribution in [-0.2, 0) is 14.4 Å². The van der Waals surface area contributed by atoms with Crippen molar-refractivity contribution in [1.82, 2.24) is 0 Å². The molecule has 0 aliphatic carbocycles. The Balaban J connectivity index is 2.97. The van der Waals surface area contributed by atoms with Crippen molar-refractivity contribution in [2.75, 3.05) is 13.4 Å². The van der Waals surface area contributed by atoms with Crippen LogP contribution in [0.1, 0.15) is 18.1 Å². The maximum absolute atomic E-state index is 10.8. The molecule has 0 amide bonds. The van der Waals surface area contributed by atoms with Gasteiger partial charge in [0.05, 0.1) is 19.1 Å². The van der Waals surface area contributed by atoms with Crippen molar-refractivity contribution >= 4 is 15.8 Å². The first kappa shape index (κ1) is 13.5. The highest BCUT2D eigenvalue weighted by atomic mass is 32.2. The molecule has 0 aliphatic rings. The summed E-state index contributed by atoms with van der Waals surface area (Å²) >= 11 is 0. The van der Waals surface area contributed by atoms with Crippen LogP contribution in [0.4, 0.5) is 0 Å². The Morgan fingerprint density at radius 3 is 2.47 bits per heavy atom. The monoisotopic (exact) mass is 257 g/mol. The van der Waals surface area contributed by atoms with Crippen molar-refractivity contribution < 1.29 is 17.4 Å². The van der Waals surface area contributed by atoms with Crippen LogP contribution in [0.5, 0.6) is 5.75 Å². The molecule has 0 saturated carbocycles. The van der Waals surface area contributed by atoms with E-state index in [2.05, 4.69) is 9.44 Å². The van der Waals surface area contributed by atoms with Crippen LogP contribution in [-0.4, -0.2) is 27.5 Å². The molecule has 0 spiro atoms. The molecular weight excluding hydrogens is 242 g/mol. The van der Waals surface area contributed by atoms with Crippen LogP contribution in [0.25, 0.3) is 0 Å². The lowest BCUT2D eigenvalue weighted by molar-refractivity contribution is 0.343. The van der Waals surface area contributed by atoms with E-state index in [9.17, 15) is 8.42 Å². The number of oxime groups is 1. The number of hydrogen-bond acceptors (Lipinski definition) is 5. The Kier molecular flexibility index (Phi) is 4.11. The molecule has 0 aliphatic heterocycles. The van der Waals surface area contributed by atoms with Crippen LogP contribution >= 0.6 is 0 Å². The zero-order valence-corrected chi connectivity index (χ0v) is 11.0. The zero-order valence-electron chi connectivity index (χ0n) is 10.2. The molecule has 0 saturated heterocycles. The lowest BCUT2D eigenvalue weighted by Crippen LogP contribution is -2.02. The third-order valence-electron chi connectivity index (χ3n) is 2.12. The lowest BCUT2D eigenvalue weighted by Gasteiger charge is -2.06. The summed E-state index contributed by atoms with van der Waals surface area (Å²) in [7, 11) is -1.97. The highest BCUT2D eigenvalue weighted by Gasteiger charge is 2.05. The largest absolute Gasteiger partial charge is 0.496 e. The fourth-order valence-electron chi connectivity index (χ4n) is 1.28. The Hall–Kier alpha value is -1.56. The fraction of sp³-hybridized carbons (Fsp3) is 0.364. The molecule has 0 aromatic heterocycles. The molecule has 1 aromatic carbocycles. The summed E-state index contributed by atoms with van der Waals surface area (Å²) < 4.78 is 31.1. The number of hydrogen-bond donors (Lipinski definition) is 0. The molecule has 1 aromatic rings. The standard InChI is InChI=1S/C11H15NO4S/c1-8-7-10(5-6-11(8)15-3)9(2)12-16-17(4,13)14/h5-7H,1-4H3. The minimum Gasteiger partial charge on any atom is -0.496 e. The summed E-state index contributed by atoms with van der Waals surface area (Å²) in [6, 6.07) is 5.43. The summed E-state index contributed by atoms with van der Waals surface area (Å²) in [6.07, 6.45) is 0.947. The molecule has 5 nitrogen and oxygen atoms in total. The molecule has 0 heterocycles. The van der Waals surface area contributed by atoms with Gasteiger partial charge in [0.15, 0.2) is 0 Å². The van der Waals surface area contributed by atoms with E-state index in [0.717, 1.165) is 23.1 Å². The van der Waals surface area contributed by atoms with Gasteiger partial charge in [0.25, 0.3) is 0 Å². The van der Waals surface area contributed by atoms with Crippen molar-refractivity contribution in [3.8, 4) is 5.75 Å². The molecule has 0 N–H and O–H groups in total. The van der Waals surface area contributed by atoms with Gasteiger partial charge in [-0.1, -0.05) is 5.16 Å². The summed E-state index contributed by atoms with van der Waals surface area (Å²) in [5, 5.41) is 3.55. The predicted molar refractivity (Wildman–Crippen MR) is 65.9 cm³/mol. The summed E-state index contributed by atoms with van der Waals surface area (Å²) in [5.41, 5.74) is 2.21. The zero-order chi connectivity index (χ0) is 13.1. The summed E-state index contributed by atoms with van der Waals surface area (Å²) in [6.45, 7) is 3.57. The quantitative estimate of drug-likeness (QED) is 0.608. The Morgan fingerprint density at radius 2 is 2.00 bits per heavy atom. The highest BCUT2D eigenvalue weighted by molar-refractivity contribution is 7.85. The minimum atomic E-state index is -3.56. The second-order valence-electron chi connectivity index (χ2n) is 3.64. The second-order valence-corrected chi connectivity index (χ2v) is 5.20. The van der Waals surface area contributed by atoms with E-state index >= 15 is 0 Å². The topological polar surface area (TPSA) is 65.0 Å². The van der Waals surface area contributed by atoms with E-state index in [1.54, 1.807) is 26.2 Å². The lowest BCUT2D eigenvalue weighted by atomic mass is 10.1. The third kappa shape index (κ3) is 4.07. The van der Waals surface area contributed by atoms with Crippen LogP contribution in [0, 0.1) is 6.92 Å². The second kappa shape index (κ2) is 5.18. The molecule has 0 fully saturated rings. The maximum atomic E-state index is 10.8. The first-order chi connectivity index (χ1) is 7.83.